The highest BCUT2D eigenvalue weighted by molar-refractivity contribution is 5.83. The maximum atomic E-state index is 11.3. The van der Waals surface area contributed by atoms with Crippen molar-refractivity contribution in [2.45, 2.75) is 13.8 Å². The van der Waals surface area contributed by atoms with Gasteiger partial charge in [0.15, 0.2) is 0 Å². The maximum Gasteiger partial charge on any atom is 0.309 e. The minimum atomic E-state index is -0.233. The lowest BCUT2D eigenvalue weighted by Gasteiger charge is -2.05. The van der Waals surface area contributed by atoms with Gasteiger partial charge in [-0.1, -0.05) is 49.9 Å². The highest BCUT2D eigenvalue weighted by atomic mass is 16.5. The molecule has 2 aromatic carbocycles. The Morgan fingerprint density at radius 3 is 2.55 bits per heavy atom. The molecule has 112 valence electrons. The van der Waals surface area contributed by atoms with Crippen molar-refractivity contribution in [2.75, 3.05) is 7.11 Å². The summed E-state index contributed by atoms with van der Waals surface area (Å²) in [5, 5.41) is 1.02. The second-order valence-corrected chi connectivity index (χ2v) is 4.84. The van der Waals surface area contributed by atoms with Crippen molar-refractivity contribution >= 4 is 16.9 Å². The molecule has 3 nitrogen and oxygen atoms in total. The average molecular weight is 293 g/mol. The molecule has 0 aliphatic rings. The number of benzene rings is 2. The number of nitrogens with zero attached hydrogens (tertiary/aromatic N) is 1. The lowest BCUT2D eigenvalue weighted by molar-refractivity contribution is -0.139. The van der Waals surface area contributed by atoms with E-state index in [0.717, 1.165) is 27.7 Å². The van der Waals surface area contributed by atoms with E-state index in [4.69, 9.17) is 0 Å². The molecule has 0 unspecified atom stereocenters. The maximum absolute atomic E-state index is 11.3. The lowest BCUT2D eigenvalue weighted by atomic mass is 10.1. The number of esters is 1. The summed E-state index contributed by atoms with van der Waals surface area (Å²) in [6, 6.07) is 19.9. The van der Waals surface area contributed by atoms with Crippen molar-refractivity contribution in [3.8, 4) is 11.3 Å². The van der Waals surface area contributed by atoms with Crippen LogP contribution in [0.15, 0.2) is 60.7 Å². The van der Waals surface area contributed by atoms with E-state index in [9.17, 15) is 4.79 Å². The third kappa shape index (κ3) is 3.31. The van der Waals surface area contributed by atoms with Gasteiger partial charge in [-0.25, -0.2) is 4.98 Å². The van der Waals surface area contributed by atoms with E-state index in [2.05, 4.69) is 9.72 Å². The third-order valence-corrected chi connectivity index (χ3v) is 3.40. The van der Waals surface area contributed by atoms with E-state index in [1.165, 1.54) is 7.11 Å². The molecule has 0 amide bonds. The van der Waals surface area contributed by atoms with Crippen LogP contribution in [0, 0.1) is 0 Å². The summed E-state index contributed by atoms with van der Waals surface area (Å²) in [6.07, 6.45) is 0.285. The van der Waals surface area contributed by atoms with Gasteiger partial charge < -0.3 is 4.74 Å². The Bertz CT molecular complexity index is 782. The van der Waals surface area contributed by atoms with Crippen LogP contribution in [-0.2, 0) is 16.0 Å². The number of methoxy groups -OCH3 is 1. The number of hydrogen-bond acceptors (Lipinski definition) is 3. The van der Waals surface area contributed by atoms with E-state index < -0.39 is 0 Å². The van der Waals surface area contributed by atoms with E-state index in [0.29, 0.717) is 0 Å². The zero-order chi connectivity index (χ0) is 14.7. The summed E-state index contributed by atoms with van der Waals surface area (Å²) >= 11 is 0. The smallest absolute Gasteiger partial charge is 0.309 e. The summed E-state index contributed by atoms with van der Waals surface area (Å²) in [5.41, 5.74) is 3.90. The molecular formula is C19H19NO2. The minimum Gasteiger partial charge on any atom is -0.469 e. The first-order chi connectivity index (χ1) is 10.3. The molecule has 0 saturated carbocycles. The molecule has 1 heterocycles. The van der Waals surface area contributed by atoms with E-state index >= 15 is 0 Å². The molecule has 0 aliphatic carbocycles. The molecule has 0 aliphatic heterocycles. The molecule has 3 rings (SSSR count). The van der Waals surface area contributed by atoms with Gasteiger partial charge in [0.2, 0.25) is 0 Å². The zero-order valence-corrected chi connectivity index (χ0v) is 11.7. The quantitative estimate of drug-likeness (QED) is 0.678. The fourth-order valence-electron chi connectivity index (χ4n) is 2.29. The first kappa shape index (κ1) is 15.7. The predicted octanol–water partition coefficient (Wildman–Crippen LogP) is 4.25. The van der Waals surface area contributed by atoms with Crippen molar-refractivity contribution in [1.29, 1.82) is 0 Å². The van der Waals surface area contributed by atoms with Gasteiger partial charge >= 0.3 is 5.97 Å². The normalized spacial score (nSPS) is 10.0. The van der Waals surface area contributed by atoms with Gasteiger partial charge in [-0.2, -0.15) is 0 Å². The van der Waals surface area contributed by atoms with Crippen LogP contribution in [0.3, 0.4) is 0 Å². The second-order valence-electron chi connectivity index (χ2n) is 4.84. The van der Waals surface area contributed by atoms with Crippen molar-refractivity contribution in [3.63, 3.8) is 0 Å². The molecule has 0 bridgehead atoms. The summed E-state index contributed by atoms with van der Waals surface area (Å²) in [5.74, 6) is -0.233. The predicted molar refractivity (Wildman–Crippen MR) is 89.6 cm³/mol. The van der Waals surface area contributed by atoms with Crippen LogP contribution in [0.2, 0.25) is 0 Å². The van der Waals surface area contributed by atoms with Crippen LogP contribution < -0.4 is 0 Å². The van der Waals surface area contributed by atoms with Crippen LogP contribution >= 0.6 is 0 Å². The number of aromatic nitrogens is 1. The molecular weight excluding hydrogens is 274 g/mol. The molecule has 0 N–H and O–H groups in total. The molecule has 3 aromatic rings. The van der Waals surface area contributed by atoms with Crippen molar-refractivity contribution in [1.82, 2.24) is 4.98 Å². The fraction of sp³-hybridized carbons (Fsp3) is 0.158. The summed E-state index contributed by atoms with van der Waals surface area (Å²) in [7, 11) is 1.40. The topological polar surface area (TPSA) is 39.2 Å². The lowest BCUT2D eigenvalue weighted by Crippen LogP contribution is -2.04. The number of hydrogen-bond donors (Lipinski definition) is 0. The fourth-order valence-corrected chi connectivity index (χ4v) is 2.29. The Labute approximate surface area is 130 Å². The largest absolute Gasteiger partial charge is 0.469 e. The Hall–Kier alpha value is -2.68. The molecule has 0 spiro atoms. The van der Waals surface area contributed by atoms with Gasteiger partial charge in [-0.05, 0) is 23.8 Å². The molecule has 0 fully saturated rings. The molecule has 0 saturated heterocycles. The SMILES string of the molecule is C.COC(=O)Cc1ccc2nc(-c3ccccc3)ccc2c1. The average Bonchev–Trinajstić information content (AvgIpc) is 2.55. The van der Waals surface area contributed by atoms with Gasteiger partial charge in [0, 0.05) is 10.9 Å². The monoisotopic (exact) mass is 293 g/mol. The Morgan fingerprint density at radius 2 is 1.82 bits per heavy atom. The molecule has 1 aromatic heterocycles. The summed E-state index contributed by atoms with van der Waals surface area (Å²) in [4.78, 5) is 16.0. The summed E-state index contributed by atoms with van der Waals surface area (Å²) in [6.45, 7) is 0. The van der Waals surface area contributed by atoms with Gasteiger partial charge in [0.05, 0.1) is 24.7 Å². The number of rotatable bonds is 3. The number of ether oxygens (including phenoxy) is 1. The molecule has 3 heteroatoms. The standard InChI is InChI=1S/C18H15NO2.CH4/c1-21-18(20)12-13-7-9-17-15(11-13)8-10-16(19-17)14-5-3-2-4-6-14;/h2-11H,12H2,1H3;1H4. The van der Waals surface area contributed by atoms with Gasteiger partial charge in [-0.15, -0.1) is 0 Å². The van der Waals surface area contributed by atoms with Crippen molar-refractivity contribution in [3.05, 3.63) is 66.2 Å². The van der Waals surface area contributed by atoms with Gasteiger partial charge in [0.25, 0.3) is 0 Å². The highest BCUT2D eigenvalue weighted by Crippen LogP contribution is 2.21. The number of carbonyl (C=O) groups excluding carboxylic acids is 1. The van der Waals surface area contributed by atoms with Crippen LogP contribution in [0.4, 0.5) is 0 Å². The number of fused-ring (bicyclic) bond motifs is 1. The van der Waals surface area contributed by atoms with Crippen molar-refractivity contribution in [2.24, 2.45) is 0 Å². The third-order valence-electron chi connectivity index (χ3n) is 3.40. The van der Waals surface area contributed by atoms with E-state index in [1.807, 2.05) is 60.7 Å². The number of carbonyl (C=O) groups is 1. The van der Waals surface area contributed by atoms with Gasteiger partial charge in [-0.3, -0.25) is 4.79 Å². The summed E-state index contributed by atoms with van der Waals surface area (Å²) < 4.78 is 4.69. The molecule has 0 radical (unpaired) electrons. The Balaban J connectivity index is 0.00000176. The van der Waals surface area contributed by atoms with E-state index in [-0.39, 0.29) is 19.8 Å². The first-order valence-corrected chi connectivity index (χ1v) is 6.78. The van der Waals surface area contributed by atoms with Crippen LogP contribution in [0.5, 0.6) is 0 Å². The van der Waals surface area contributed by atoms with Crippen LogP contribution in [-0.4, -0.2) is 18.1 Å². The Morgan fingerprint density at radius 1 is 1.05 bits per heavy atom. The molecule has 22 heavy (non-hydrogen) atoms. The second kappa shape index (κ2) is 6.85. The zero-order valence-electron chi connectivity index (χ0n) is 11.7. The minimum absolute atomic E-state index is 0. The number of pyridine rings is 1. The first-order valence-electron chi connectivity index (χ1n) is 6.78. The van der Waals surface area contributed by atoms with Crippen molar-refractivity contribution < 1.29 is 9.53 Å². The highest BCUT2D eigenvalue weighted by Gasteiger charge is 2.05. The van der Waals surface area contributed by atoms with Crippen LogP contribution in [0.25, 0.3) is 22.2 Å². The Kier molecular flexibility index (Phi) is 4.89. The van der Waals surface area contributed by atoms with E-state index in [1.54, 1.807) is 0 Å². The van der Waals surface area contributed by atoms with Crippen LogP contribution in [0.1, 0.15) is 13.0 Å². The van der Waals surface area contributed by atoms with Gasteiger partial charge in [0.1, 0.15) is 0 Å². The molecule has 0 atom stereocenters.